The molecule has 0 N–H and O–H groups in total. The molecular weight excluding hydrogens is 617 g/mol. The van der Waals surface area contributed by atoms with E-state index in [1.165, 1.54) is 0 Å². The van der Waals surface area contributed by atoms with E-state index < -0.39 is 11.2 Å². The molecule has 0 aliphatic rings. The van der Waals surface area contributed by atoms with Crippen molar-refractivity contribution in [2.75, 3.05) is 33.0 Å². The van der Waals surface area contributed by atoms with Gasteiger partial charge in [-0.05, 0) is 33.4 Å². The second kappa shape index (κ2) is 17.5. The van der Waals surface area contributed by atoms with Gasteiger partial charge in [0.15, 0.2) is 0 Å². The molecule has 0 bridgehead atoms. The maximum atomic E-state index is 7.12. The quantitative estimate of drug-likeness (QED) is 0.0523. The smallest absolute Gasteiger partial charge is 0.143 e. The molecule has 0 radical (unpaired) electrons. The van der Waals surface area contributed by atoms with Gasteiger partial charge in [-0.1, -0.05) is 188 Å². The lowest BCUT2D eigenvalue weighted by Gasteiger charge is -2.37. The van der Waals surface area contributed by atoms with Crippen LogP contribution < -0.4 is 0 Å². The summed E-state index contributed by atoms with van der Waals surface area (Å²) in [5, 5.41) is 0. The molecule has 50 heavy (non-hydrogen) atoms. The van der Waals surface area contributed by atoms with Gasteiger partial charge in [-0.15, -0.1) is 6.58 Å². The molecule has 1 atom stereocenters. The minimum absolute atomic E-state index is 0.275. The molecule has 0 fully saturated rings. The molecule has 0 amide bonds. The van der Waals surface area contributed by atoms with Gasteiger partial charge in [-0.25, -0.2) is 0 Å². The normalized spacial score (nSPS) is 12.3. The van der Waals surface area contributed by atoms with Crippen LogP contribution in [0.2, 0.25) is 0 Å². The Kier molecular flexibility index (Phi) is 12.2. The summed E-state index contributed by atoms with van der Waals surface area (Å²) >= 11 is 0. The molecule has 0 saturated heterocycles. The third-order valence-electron chi connectivity index (χ3n) is 8.86. The number of hydrogen-bond donors (Lipinski definition) is 0. The van der Waals surface area contributed by atoms with Crippen LogP contribution in [0.4, 0.5) is 0 Å². The van der Waals surface area contributed by atoms with Crippen molar-refractivity contribution in [1.29, 1.82) is 0 Å². The van der Waals surface area contributed by atoms with E-state index in [2.05, 4.69) is 152 Å². The van der Waals surface area contributed by atoms with Crippen LogP contribution >= 0.6 is 0 Å². The zero-order valence-corrected chi connectivity index (χ0v) is 28.4. The minimum Gasteiger partial charge on any atom is -0.375 e. The van der Waals surface area contributed by atoms with E-state index in [1.807, 2.05) is 36.4 Å². The van der Waals surface area contributed by atoms with Crippen molar-refractivity contribution < 1.29 is 18.9 Å². The molecule has 0 aliphatic heterocycles. The van der Waals surface area contributed by atoms with Crippen LogP contribution in [0.15, 0.2) is 195 Å². The zero-order valence-electron chi connectivity index (χ0n) is 28.4. The van der Waals surface area contributed by atoms with Gasteiger partial charge in [0.2, 0.25) is 0 Å². The Morgan fingerprint density at radius 2 is 0.740 bits per heavy atom. The van der Waals surface area contributed by atoms with E-state index in [0.717, 1.165) is 33.4 Å². The van der Waals surface area contributed by atoms with Crippen molar-refractivity contribution >= 4 is 0 Å². The van der Waals surface area contributed by atoms with Crippen molar-refractivity contribution in [3.63, 3.8) is 0 Å². The summed E-state index contributed by atoms with van der Waals surface area (Å²) in [7, 11) is 0. The highest BCUT2D eigenvalue weighted by Gasteiger charge is 2.39. The third-order valence-corrected chi connectivity index (χ3v) is 8.86. The first-order chi connectivity index (χ1) is 24.8. The fraction of sp³-hybridized carbons (Fsp3) is 0.174. The molecule has 4 nitrogen and oxygen atoms in total. The fourth-order valence-electron chi connectivity index (χ4n) is 6.59. The SMILES string of the molecule is C=CCOCC(COC(c1ccccc1)(c1ccccc1)c1ccccc1)OCCOC(c1ccccc1)(c1ccccc1)c1ccccc1. The van der Waals surface area contributed by atoms with Crippen LogP contribution in [-0.2, 0) is 30.1 Å². The van der Waals surface area contributed by atoms with Gasteiger partial charge in [0.1, 0.15) is 17.3 Å². The highest BCUT2D eigenvalue weighted by molar-refractivity contribution is 5.48. The van der Waals surface area contributed by atoms with Gasteiger partial charge >= 0.3 is 0 Å². The van der Waals surface area contributed by atoms with E-state index in [9.17, 15) is 0 Å². The van der Waals surface area contributed by atoms with E-state index in [1.54, 1.807) is 6.08 Å². The lowest BCUT2D eigenvalue weighted by atomic mass is 9.80. The fourth-order valence-corrected chi connectivity index (χ4v) is 6.59. The summed E-state index contributed by atoms with van der Waals surface area (Å²) in [5.74, 6) is 0. The summed E-state index contributed by atoms with van der Waals surface area (Å²) in [6.07, 6.45) is 1.37. The Labute approximate surface area is 296 Å². The molecule has 1 unspecified atom stereocenters. The first-order valence-electron chi connectivity index (χ1n) is 17.2. The summed E-state index contributed by atoms with van der Waals surface area (Å²) < 4.78 is 26.7. The Morgan fingerprint density at radius 1 is 0.420 bits per heavy atom. The first kappa shape index (κ1) is 34.8. The number of rotatable bonds is 18. The van der Waals surface area contributed by atoms with Gasteiger partial charge in [0.05, 0.1) is 33.0 Å². The Hall–Kier alpha value is -5.10. The van der Waals surface area contributed by atoms with Gasteiger partial charge in [0.25, 0.3) is 0 Å². The Morgan fingerprint density at radius 3 is 1.06 bits per heavy atom. The van der Waals surface area contributed by atoms with Gasteiger partial charge < -0.3 is 18.9 Å². The molecule has 6 rings (SSSR count). The second-order valence-electron chi connectivity index (χ2n) is 12.0. The predicted molar refractivity (Wildman–Crippen MR) is 201 cm³/mol. The molecule has 6 aromatic carbocycles. The maximum absolute atomic E-state index is 7.12. The van der Waals surface area contributed by atoms with Crippen LogP contribution in [0.1, 0.15) is 33.4 Å². The average Bonchev–Trinajstić information content (AvgIpc) is 3.20. The van der Waals surface area contributed by atoms with Crippen LogP contribution in [0.3, 0.4) is 0 Å². The van der Waals surface area contributed by atoms with Gasteiger partial charge in [-0.3, -0.25) is 0 Å². The van der Waals surface area contributed by atoms with Gasteiger partial charge in [0, 0.05) is 0 Å². The molecule has 252 valence electrons. The van der Waals surface area contributed by atoms with Crippen molar-refractivity contribution in [2.24, 2.45) is 0 Å². The minimum atomic E-state index is -0.872. The molecule has 6 aromatic rings. The van der Waals surface area contributed by atoms with Crippen LogP contribution in [0, 0.1) is 0 Å². The van der Waals surface area contributed by atoms with Crippen LogP contribution in [0.25, 0.3) is 0 Å². The van der Waals surface area contributed by atoms with Crippen molar-refractivity contribution in [3.8, 4) is 0 Å². The highest BCUT2D eigenvalue weighted by Crippen LogP contribution is 2.42. The summed E-state index contributed by atoms with van der Waals surface area (Å²) in [6, 6.07) is 62.3. The van der Waals surface area contributed by atoms with Crippen molar-refractivity contribution in [1.82, 2.24) is 0 Å². The number of ether oxygens (including phenoxy) is 4. The first-order valence-corrected chi connectivity index (χ1v) is 17.2. The lowest BCUT2D eigenvalue weighted by molar-refractivity contribution is -0.106. The third kappa shape index (κ3) is 7.86. The highest BCUT2D eigenvalue weighted by atomic mass is 16.6. The van der Waals surface area contributed by atoms with Crippen LogP contribution in [-0.4, -0.2) is 39.1 Å². The van der Waals surface area contributed by atoms with Gasteiger partial charge in [-0.2, -0.15) is 0 Å². The van der Waals surface area contributed by atoms with E-state index in [0.29, 0.717) is 26.4 Å². The number of benzene rings is 6. The van der Waals surface area contributed by atoms with E-state index in [4.69, 9.17) is 18.9 Å². The molecule has 4 heteroatoms. The van der Waals surface area contributed by atoms with Crippen molar-refractivity contribution in [2.45, 2.75) is 17.3 Å². The number of hydrogen-bond acceptors (Lipinski definition) is 4. The molecular formula is C46H44O4. The van der Waals surface area contributed by atoms with Crippen molar-refractivity contribution in [3.05, 3.63) is 228 Å². The molecule has 0 spiro atoms. The average molecular weight is 661 g/mol. The Balaban J connectivity index is 1.28. The monoisotopic (exact) mass is 660 g/mol. The second-order valence-corrected chi connectivity index (χ2v) is 12.0. The van der Waals surface area contributed by atoms with E-state index in [-0.39, 0.29) is 12.7 Å². The van der Waals surface area contributed by atoms with E-state index >= 15 is 0 Å². The molecule has 0 heterocycles. The largest absolute Gasteiger partial charge is 0.375 e. The maximum Gasteiger partial charge on any atom is 0.143 e. The lowest BCUT2D eigenvalue weighted by Crippen LogP contribution is -2.38. The topological polar surface area (TPSA) is 36.9 Å². The summed E-state index contributed by atoms with van der Waals surface area (Å²) in [5.41, 5.74) is 4.53. The Bertz CT molecular complexity index is 1640. The summed E-state index contributed by atoms with van der Waals surface area (Å²) in [4.78, 5) is 0. The molecule has 0 aliphatic carbocycles. The summed E-state index contributed by atoms with van der Waals surface area (Å²) in [6.45, 7) is 5.52. The zero-order chi connectivity index (χ0) is 34.3. The molecule has 0 aromatic heterocycles. The predicted octanol–water partition coefficient (Wildman–Crippen LogP) is 9.59. The van der Waals surface area contributed by atoms with Crippen LogP contribution in [0.5, 0.6) is 0 Å². The molecule has 0 saturated carbocycles. The standard InChI is InChI=1S/C46H44O4/c1-2-33-47-36-44(37-50-46(41-27-15-6-16-28-41,42-29-17-7-18-30-42)43-31-19-8-20-32-43)48-34-35-49-45(38-21-9-3-10-22-38,39-23-11-4-12-24-39)40-25-13-5-14-26-40/h2-32,44H,1,33-37H2.